The number of amides is 2. The molecule has 2 unspecified atom stereocenters. The summed E-state index contributed by atoms with van der Waals surface area (Å²) in [5.74, 6) is -8.87. The molecule has 1 aliphatic heterocycles. The van der Waals surface area contributed by atoms with E-state index in [1.807, 2.05) is 0 Å². The number of hydrogen-bond acceptors (Lipinski definition) is 3. The van der Waals surface area contributed by atoms with Crippen LogP contribution in [0.3, 0.4) is 0 Å². The number of rotatable bonds is 4. The second-order valence-corrected chi connectivity index (χ2v) is 8.09. The minimum Gasteiger partial charge on any atom is -0.334 e. The summed E-state index contributed by atoms with van der Waals surface area (Å²) < 4.78 is 72.0. The number of nitrogens with one attached hydrogen (secondary N) is 1. The molecule has 5 nitrogen and oxygen atoms in total. The predicted molar refractivity (Wildman–Crippen MR) is 108 cm³/mol. The standard InChI is InChI=1S/C22H22F5N3O2/c1-12-9-14(4-6-16(12)23)29-19(31)13-3-5-17(24)15(10-13)22(26,27)20(32)30-8-7-18(28)21(2,25)11-30/h3-6,9-10,18H,7-8,11,28H2,1-2H3,(H,29,31). The lowest BCUT2D eigenvalue weighted by atomic mass is 9.91. The molecule has 0 spiro atoms. The van der Waals surface area contributed by atoms with Crippen LogP contribution in [0.2, 0.25) is 0 Å². The van der Waals surface area contributed by atoms with Crippen LogP contribution in [0.5, 0.6) is 0 Å². The Kier molecular flexibility index (Phi) is 6.28. The molecular weight excluding hydrogens is 433 g/mol. The van der Waals surface area contributed by atoms with Crippen LogP contribution in [0.15, 0.2) is 36.4 Å². The van der Waals surface area contributed by atoms with Gasteiger partial charge in [-0.05, 0) is 62.2 Å². The first-order chi connectivity index (χ1) is 14.8. The van der Waals surface area contributed by atoms with Crippen molar-refractivity contribution in [1.82, 2.24) is 4.90 Å². The highest BCUT2D eigenvalue weighted by Gasteiger charge is 2.50. The van der Waals surface area contributed by atoms with Gasteiger partial charge in [0, 0.05) is 23.8 Å². The second kappa shape index (κ2) is 8.50. The summed E-state index contributed by atoms with van der Waals surface area (Å²) in [6.07, 6.45) is -0.0309. The molecule has 2 amide bonds. The number of aryl methyl sites for hydroxylation is 1. The first kappa shape index (κ1) is 23.6. The molecule has 2 aromatic carbocycles. The monoisotopic (exact) mass is 455 g/mol. The van der Waals surface area contributed by atoms with Crippen molar-refractivity contribution in [2.75, 3.05) is 18.4 Å². The van der Waals surface area contributed by atoms with Crippen LogP contribution in [0.4, 0.5) is 27.6 Å². The number of carbonyl (C=O) groups excluding carboxylic acids is 2. The largest absolute Gasteiger partial charge is 0.352 e. The van der Waals surface area contributed by atoms with Crippen molar-refractivity contribution in [3.8, 4) is 0 Å². The van der Waals surface area contributed by atoms with Crippen molar-refractivity contribution in [3.63, 3.8) is 0 Å². The quantitative estimate of drug-likeness (QED) is 0.687. The topological polar surface area (TPSA) is 75.4 Å². The van der Waals surface area contributed by atoms with E-state index in [0.29, 0.717) is 17.0 Å². The van der Waals surface area contributed by atoms with Crippen LogP contribution in [0.1, 0.15) is 34.8 Å². The molecule has 1 fully saturated rings. The van der Waals surface area contributed by atoms with Gasteiger partial charge in [0.2, 0.25) is 0 Å². The van der Waals surface area contributed by atoms with E-state index in [9.17, 15) is 31.5 Å². The zero-order valence-electron chi connectivity index (χ0n) is 17.4. The van der Waals surface area contributed by atoms with Gasteiger partial charge in [0.1, 0.15) is 17.3 Å². The molecule has 32 heavy (non-hydrogen) atoms. The van der Waals surface area contributed by atoms with Gasteiger partial charge in [-0.15, -0.1) is 0 Å². The van der Waals surface area contributed by atoms with E-state index in [0.717, 1.165) is 19.1 Å². The van der Waals surface area contributed by atoms with Crippen molar-refractivity contribution in [2.45, 2.75) is 37.9 Å². The van der Waals surface area contributed by atoms with Gasteiger partial charge in [-0.2, -0.15) is 8.78 Å². The Morgan fingerprint density at radius 1 is 1.16 bits per heavy atom. The summed E-state index contributed by atoms with van der Waals surface area (Å²) in [5.41, 5.74) is 2.36. The van der Waals surface area contributed by atoms with Crippen molar-refractivity contribution in [3.05, 3.63) is 64.7 Å². The molecule has 10 heteroatoms. The molecule has 0 aliphatic carbocycles. The SMILES string of the molecule is Cc1cc(NC(=O)c2ccc(F)c(C(F)(F)C(=O)N3CCC(N)C(C)(F)C3)c2)ccc1F. The molecule has 172 valence electrons. The van der Waals surface area contributed by atoms with E-state index in [-0.39, 0.29) is 29.8 Å². The minimum atomic E-state index is -4.34. The third-order valence-electron chi connectivity index (χ3n) is 5.52. The van der Waals surface area contributed by atoms with Gasteiger partial charge in [0.15, 0.2) is 0 Å². The van der Waals surface area contributed by atoms with Gasteiger partial charge >= 0.3 is 5.92 Å². The maximum atomic E-state index is 15.0. The molecule has 0 saturated carbocycles. The van der Waals surface area contributed by atoms with Gasteiger partial charge in [-0.3, -0.25) is 9.59 Å². The lowest BCUT2D eigenvalue weighted by Crippen LogP contribution is -2.59. The summed E-state index contributed by atoms with van der Waals surface area (Å²) >= 11 is 0. The Hall–Kier alpha value is -3.01. The van der Waals surface area contributed by atoms with Crippen molar-refractivity contribution in [1.29, 1.82) is 0 Å². The molecular formula is C22H22F5N3O2. The third-order valence-corrected chi connectivity index (χ3v) is 5.52. The molecule has 2 aromatic rings. The van der Waals surface area contributed by atoms with Gasteiger partial charge in [0.25, 0.3) is 11.8 Å². The zero-order chi connectivity index (χ0) is 23.8. The van der Waals surface area contributed by atoms with Crippen molar-refractivity contribution >= 4 is 17.5 Å². The number of piperidine rings is 1. The highest BCUT2D eigenvalue weighted by atomic mass is 19.3. The first-order valence-corrected chi connectivity index (χ1v) is 9.82. The number of nitrogens with two attached hydrogens (primary N) is 1. The van der Waals surface area contributed by atoms with E-state index < -0.39 is 53.2 Å². The second-order valence-electron chi connectivity index (χ2n) is 8.09. The Morgan fingerprint density at radius 3 is 2.44 bits per heavy atom. The number of benzene rings is 2. The maximum Gasteiger partial charge on any atom is 0.352 e. The molecule has 0 aromatic heterocycles. The fourth-order valence-electron chi connectivity index (χ4n) is 3.49. The number of nitrogens with zero attached hydrogens (tertiary/aromatic N) is 1. The Morgan fingerprint density at radius 2 is 1.81 bits per heavy atom. The van der Waals surface area contributed by atoms with Crippen LogP contribution in [0.25, 0.3) is 0 Å². The number of likely N-dealkylation sites (tertiary alicyclic amines) is 1. The van der Waals surface area contributed by atoms with Crippen molar-refractivity contribution < 1.29 is 31.5 Å². The minimum absolute atomic E-state index is 0.0309. The number of hydrogen-bond donors (Lipinski definition) is 2. The summed E-state index contributed by atoms with van der Waals surface area (Å²) in [4.78, 5) is 25.5. The molecule has 1 heterocycles. The van der Waals surface area contributed by atoms with E-state index >= 15 is 0 Å². The number of carbonyl (C=O) groups is 2. The van der Waals surface area contributed by atoms with Gasteiger partial charge in [-0.25, -0.2) is 13.2 Å². The number of anilines is 1. The summed E-state index contributed by atoms with van der Waals surface area (Å²) in [6, 6.07) is 5.01. The number of alkyl halides is 3. The van der Waals surface area contributed by atoms with Crippen LogP contribution in [-0.4, -0.2) is 41.5 Å². The van der Waals surface area contributed by atoms with Crippen LogP contribution in [0, 0.1) is 18.6 Å². The summed E-state index contributed by atoms with van der Waals surface area (Å²) in [7, 11) is 0. The summed E-state index contributed by atoms with van der Waals surface area (Å²) in [5, 5.41) is 2.40. The Labute approximate surface area is 181 Å². The lowest BCUT2D eigenvalue weighted by molar-refractivity contribution is -0.163. The van der Waals surface area contributed by atoms with Crippen LogP contribution < -0.4 is 11.1 Å². The zero-order valence-corrected chi connectivity index (χ0v) is 17.4. The summed E-state index contributed by atoms with van der Waals surface area (Å²) in [6.45, 7) is 1.72. The fourth-order valence-corrected chi connectivity index (χ4v) is 3.49. The van der Waals surface area contributed by atoms with Crippen LogP contribution in [-0.2, 0) is 10.7 Å². The highest BCUT2D eigenvalue weighted by Crippen LogP contribution is 2.35. The van der Waals surface area contributed by atoms with Gasteiger partial charge in [0.05, 0.1) is 12.1 Å². The van der Waals surface area contributed by atoms with E-state index in [1.165, 1.54) is 19.1 Å². The molecule has 0 bridgehead atoms. The molecule has 3 rings (SSSR count). The van der Waals surface area contributed by atoms with Crippen molar-refractivity contribution in [2.24, 2.45) is 5.73 Å². The first-order valence-electron chi connectivity index (χ1n) is 9.82. The molecule has 3 N–H and O–H groups in total. The maximum absolute atomic E-state index is 15.0. The average molecular weight is 455 g/mol. The number of halogens is 5. The highest BCUT2D eigenvalue weighted by molar-refractivity contribution is 6.04. The van der Waals surface area contributed by atoms with Gasteiger partial charge < -0.3 is 16.0 Å². The van der Waals surface area contributed by atoms with E-state index in [1.54, 1.807) is 0 Å². The van der Waals surface area contributed by atoms with Gasteiger partial charge in [-0.1, -0.05) is 0 Å². The van der Waals surface area contributed by atoms with E-state index in [4.69, 9.17) is 5.73 Å². The fraction of sp³-hybridized carbons (Fsp3) is 0.364. The molecule has 1 aliphatic rings. The smallest absolute Gasteiger partial charge is 0.334 e. The third kappa shape index (κ3) is 4.59. The Bertz CT molecular complexity index is 1060. The Balaban J connectivity index is 1.85. The molecule has 1 saturated heterocycles. The normalized spacial score (nSPS) is 21.4. The molecule has 2 atom stereocenters. The van der Waals surface area contributed by atoms with E-state index in [2.05, 4.69) is 5.32 Å². The average Bonchev–Trinajstić information content (AvgIpc) is 2.72. The molecule has 0 radical (unpaired) electrons. The predicted octanol–water partition coefficient (Wildman–Crippen LogP) is 3.91. The van der Waals surface area contributed by atoms with Crippen LogP contribution >= 0.6 is 0 Å². The lowest BCUT2D eigenvalue weighted by Gasteiger charge is -2.40.